The topological polar surface area (TPSA) is 61.8 Å². The van der Waals surface area contributed by atoms with Crippen LogP contribution in [0.1, 0.15) is 80.1 Å². The van der Waals surface area contributed by atoms with E-state index in [4.69, 9.17) is 14.2 Å². The Morgan fingerprint density at radius 2 is 1.44 bits per heavy atom. The van der Waals surface area contributed by atoms with E-state index in [1.54, 1.807) is 0 Å². The monoisotopic (exact) mass is 472 g/mol. The van der Waals surface area contributed by atoms with Crippen LogP contribution in [0.25, 0.3) is 0 Å². The molecule has 2 saturated carbocycles. The Kier molecular flexibility index (Phi) is 7.91. The summed E-state index contributed by atoms with van der Waals surface area (Å²) in [6.07, 6.45) is 10.9. The third kappa shape index (κ3) is 5.45. The Balaban J connectivity index is 1.47. The lowest BCUT2D eigenvalue weighted by molar-refractivity contribution is -0.160. The van der Waals surface area contributed by atoms with Gasteiger partial charge >= 0.3 is 11.9 Å². The molecule has 3 fully saturated rings. The number of esters is 2. The minimum atomic E-state index is -0.557. The largest absolute Gasteiger partial charge is 0.462 e. The van der Waals surface area contributed by atoms with Gasteiger partial charge in [-0.3, -0.25) is 4.79 Å². The molecule has 2 heterocycles. The van der Waals surface area contributed by atoms with Gasteiger partial charge in [0.1, 0.15) is 18.1 Å². The average Bonchev–Trinajstić information content (AvgIpc) is 3.35. The molecule has 0 N–H and O–H groups in total. The normalized spacial score (nSPS) is 40.8. The van der Waals surface area contributed by atoms with Crippen molar-refractivity contribution in [3.05, 3.63) is 23.8 Å². The molecule has 0 aromatic rings. The molecule has 2 bridgehead atoms. The van der Waals surface area contributed by atoms with E-state index in [0.29, 0.717) is 41.1 Å². The highest BCUT2D eigenvalue weighted by Crippen LogP contribution is 2.42. The van der Waals surface area contributed by atoms with Crippen molar-refractivity contribution in [1.29, 1.82) is 0 Å². The summed E-state index contributed by atoms with van der Waals surface area (Å²) in [4.78, 5) is 26.4. The summed E-state index contributed by atoms with van der Waals surface area (Å²) >= 11 is 0. The lowest BCUT2D eigenvalue weighted by Crippen LogP contribution is -2.39. The van der Waals surface area contributed by atoms with Gasteiger partial charge in [-0.05, 0) is 66.8 Å². The second kappa shape index (κ2) is 10.6. The van der Waals surface area contributed by atoms with E-state index < -0.39 is 5.92 Å². The first-order valence-electron chi connectivity index (χ1n) is 13.6. The predicted octanol–water partition coefficient (Wildman–Crippen LogP) is 5.87. The maximum absolute atomic E-state index is 13.4. The lowest BCUT2D eigenvalue weighted by Gasteiger charge is -2.37. The Morgan fingerprint density at radius 1 is 0.882 bits per heavy atom. The van der Waals surface area contributed by atoms with E-state index in [9.17, 15) is 9.59 Å². The van der Waals surface area contributed by atoms with E-state index in [0.717, 1.165) is 25.7 Å². The highest BCUT2D eigenvalue weighted by molar-refractivity contribution is 5.87. The molecule has 2 aliphatic carbocycles. The standard InChI is InChI=1S/C29H44O5/c1-16(2)20-9-7-18(5)13-25(20)33-27(30)15-22-23-11-12-24(32-23)28(22)29(31)34-26-14-19(6)8-10-21(26)17(3)4/h11-12,15-21,23-26,28H,7-10,13-14H2,1-6H3. The molecule has 2 aliphatic heterocycles. The Morgan fingerprint density at radius 3 is 2.00 bits per heavy atom. The van der Waals surface area contributed by atoms with Crippen molar-refractivity contribution in [1.82, 2.24) is 0 Å². The number of hydrogen-bond donors (Lipinski definition) is 0. The summed E-state index contributed by atoms with van der Waals surface area (Å²) in [5, 5.41) is 0. The van der Waals surface area contributed by atoms with Crippen LogP contribution in [0.15, 0.2) is 23.8 Å². The number of carbonyl (C=O) groups excluding carboxylic acids is 2. The van der Waals surface area contributed by atoms with Crippen molar-refractivity contribution in [2.75, 3.05) is 0 Å². The Hall–Kier alpha value is -1.62. The first-order chi connectivity index (χ1) is 16.1. The molecule has 190 valence electrons. The lowest BCUT2D eigenvalue weighted by atomic mass is 9.75. The van der Waals surface area contributed by atoms with E-state index in [-0.39, 0.29) is 36.4 Å². The molecule has 0 aromatic carbocycles. The van der Waals surface area contributed by atoms with E-state index in [1.807, 2.05) is 12.2 Å². The first kappa shape index (κ1) is 25.5. The fraction of sp³-hybridized carbons (Fsp3) is 0.793. The van der Waals surface area contributed by atoms with Gasteiger partial charge in [-0.2, -0.15) is 0 Å². The maximum Gasteiger partial charge on any atom is 0.331 e. The Bertz CT molecular complexity index is 811. The van der Waals surface area contributed by atoms with Crippen LogP contribution in [-0.2, 0) is 23.8 Å². The molecule has 34 heavy (non-hydrogen) atoms. The molecule has 0 radical (unpaired) electrons. The third-order valence-electron chi connectivity index (χ3n) is 8.79. The minimum Gasteiger partial charge on any atom is -0.462 e. The summed E-state index contributed by atoms with van der Waals surface area (Å²) in [6, 6.07) is 0. The number of carbonyl (C=O) groups is 2. The van der Waals surface area contributed by atoms with Crippen molar-refractivity contribution in [2.45, 2.75) is 104 Å². The maximum atomic E-state index is 13.4. The third-order valence-corrected chi connectivity index (χ3v) is 8.79. The number of hydrogen-bond acceptors (Lipinski definition) is 5. The number of rotatable bonds is 6. The van der Waals surface area contributed by atoms with Gasteiger partial charge in [0, 0.05) is 6.08 Å². The molecule has 0 spiro atoms. The highest BCUT2D eigenvalue weighted by atomic mass is 16.6. The quantitative estimate of drug-likeness (QED) is 0.275. The van der Waals surface area contributed by atoms with Crippen LogP contribution in [0, 0.1) is 41.4 Å². The smallest absolute Gasteiger partial charge is 0.331 e. The van der Waals surface area contributed by atoms with Crippen LogP contribution in [-0.4, -0.2) is 36.4 Å². The Labute approximate surface area is 205 Å². The summed E-state index contributed by atoms with van der Waals surface area (Å²) < 4.78 is 18.1. The molecule has 9 unspecified atom stereocenters. The van der Waals surface area contributed by atoms with E-state index >= 15 is 0 Å². The highest BCUT2D eigenvalue weighted by Gasteiger charge is 2.48. The second-order valence-electron chi connectivity index (χ2n) is 12.1. The average molecular weight is 473 g/mol. The predicted molar refractivity (Wildman–Crippen MR) is 132 cm³/mol. The fourth-order valence-corrected chi connectivity index (χ4v) is 6.70. The SMILES string of the molecule is CC1CCC(C(C)C)C(OC(=O)C=C2C3C=CC(O3)C2C(=O)OC2CC(C)CCC2C(C)C)C1. The van der Waals surface area contributed by atoms with Crippen molar-refractivity contribution >= 4 is 11.9 Å². The van der Waals surface area contributed by atoms with Crippen molar-refractivity contribution < 1.29 is 23.8 Å². The van der Waals surface area contributed by atoms with Gasteiger partial charge in [-0.1, -0.05) is 66.5 Å². The van der Waals surface area contributed by atoms with Gasteiger partial charge in [0.15, 0.2) is 0 Å². The van der Waals surface area contributed by atoms with Crippen LogP contribution in [0.2, 0.25) is 0 Å². The zero-order valence-electron chi connectivity index (χ0n) is 21.9. The van der Waals surface area contributed by atoms with Crippen LogP contribution in [0.5, 0.6) is 0 Å². The number of ether oxygens (including phenoxy) is 3. The van der Waals surface area contributed by atoms with E-state index in [2.05, 4.69) is 41.5 Å². The van der Waals surface area contributed by atoms with Gasteiger partial charge in [-0.25, -0.2) is 4.79 Å². The molecule has 5 heteroatoms. The second-order valence-corrected chi connectivity index (χ2v) is 12.1. The summed E-state index contributed by atoms with van der Waals surface area (Å²) in [7, 11) is 0. The molecule has 4 aliphatic rings. The summed E-state index contributed by atoms with van der Waals surface area (Å²) in [5.74, 6) is 1.66. The summed E-state index contributed by atoms with van der Waals surface area (Å²) in [5.41, 5.74) is 0.692. The van der Waals surface area contributed by atoms with Gasteiger partial charge in [0.05, 0.1) is 12.2 Å². The molecule has 5 nitrogen and oxygen atoms in total. The fourth-order valence-electron chi connectivity index (χ4n) is 6.70. The molecular weight excluding hydrogens is 428 g/mol. The van der Waals surface area contributed by atoms with Crippen LogP contribution < -0.4 is 0 Å². The van der Waals surface area contributed by atoms with Crippen LogP contribution >= 0.6 is 0 Å². The zero-order chi connectivity index (χ0) is 24.6. The first-order valence-corrected chi connectivity index (χ1v) is 13.6. The molecule has 0 aromatic heterocycles. The zero-order valence-corrected chi connectivity index (χ0v) is 21.9. The molecular formula is C29H44O5. The minimum absolute atomic E-state index is 0.0657. The van der Waals surface area contributed by atoms with Gasteiger partial charge in [-0.15, -0.1) is 0 Å². The van der Waals surface area contributed by atoms with Crippen molar-refractivity contribution in [3.8, 4) is 0 Å². The van der Waals surface area contributed by atoms with Crippen molar-refractivity contribution in [3.63, 3.8) is 0 Å². The van der Waals surface area contributed by atoms with Gasteiger partial charge in [0.25, 0.3) is 0 Å². The van der Waals surface area contributed by atoms with Gasteiger partial charge < -0.3 is 14.2 Å². The van der Waals surface area contributed by atoms with Gasteiger partial charge in [0.2, 0.25) is 0 Å². The van der Waals surface area contributed by atoms with Crippen LogP contribution in [0.4, 0.5) is 0 Å². The molecule has 9 atom stereocenters. The molecule has 0 amide bonds. The molecule has 4 rings (SSSR count). The van der Waals surface area contributed by atoms with Crippen LogP contribution in [0.3, 0.4) is 0 Å². The van der Waals surface area contributed by atoms with E-state index in [1.165, 1.54) is 18.9 Å². The summed E-state index contributed by atoms with van der Waals surface area (Å²) in [6.45, 7) is 13.3. The number of fused-ring (bicyclic) bond motifs is 2. The van der Waals surface area contributed by atoms with Crippen molar-refractivity contribution in [2.24, 2.45) is 41.4 Å². The molecule has 1 saturated heterocycles.